The quantitative estimate of drug-likeness (QED) is 0.572. The van der Waals surface area contributed by atoms with Crippen molar-refractivity contribution in [2.24, 2.45) is 0 Å². The monoisotopic (exact) mass is 256 g/mol. The Bertz CT molecular complexity index is 331. The lowest BCUT2D eigenvalue weighted by Gasteiger charge is -2.19. The Morgan fingerprint density at radius 1 is 1.12 bits per heavy atom. The van der Waals surface area contributed by atoms with E-state index in [-0.39, 0.29) is 5.41 Å². The second-order valence-corrected chi connectivity index (χ2v) is 5.31. The Morgan fingerprint density at radius 2 is 1.88 bits per heavy atom. The summed E-state index contributed by atoms with van der Waals surface area (Å²) in [5.74, 6) is 1.42. The first-order valence-electron chi connectivity index (χ1n) is 5.91. The van der Waals surface area contributed by atoms with Crippen LogP contribution < -0.4 is 4.74 Å². The summed E-state index contributed by atoms with van der Waals surface area (Å²) in [7, 11) is 0. The topological polar surface area (TPSA) is 18.5 Å². The first-order chi connectivity index (χ1) is 8.04. The van der Waals surface area contributed by atoms with Crippen molar-refractivity contribution in [2.75, 3.05) is 25.7 Å². The molecule has 2 nitrogen and oxygen atoms in total. The van der Waals surface area contributed by atoms with Crippen LogP contribution in [0.2, 0.25) is 0 Å². The Hall–Kier alpha value is -0.730. The van der Waals surface area contributed by atoms with Crippen LogP contribution in [0.5, 0.6) is 5.75 Å². The van der Waals surface area contributed by atoms with Crippen LogP contribution in [-0.4, -0.2) is 25.7 Å². The van der Waals surface area contributed by atoms with Crippen LogP contribution in [-0.2, 0) is 10.2 Å². The third-order valence-electron chi connectivity index (χ3n) is 2.42. The zero-order valence-electron chi connectivity index (χ0n) is 10.8. The Kier molecular flexibility index (Phi) is 5.79. The van der Waals surface area contributed by atoms with Crippen molar-refractivity contribution in [2.45, 2.75) is 26.2 Å². The third kappa shape index (κ3) is 5.42. The molecule has 0 radical (unpaired) electrons. The van der Waals surface area contributed by atoms with Gasteiger partial charge in [0.2, 0.25) is 0 Å². The minimum atomic E-state index is 0.147. The highest BCUT2D eigenvalue weighted by Gasteiger charge is 2.13. The van der Waals surface area contributed by atoms with Gasteiger partial charge in [0.05, 0.1) is 13.2 Å². The van der Waals surface area contributed by atoms with E-state index >= 15 is 0 Å². The van der Waals surface area contributed by atoms with Gasteiger partial charge in [-0.15, -0.1) is 11.6 Å². The molecular weight excluding hydrogens is 236 g/mol. The molecule has 0 heterocycles. The maximum atomic E-state index is 5.62. The summed E-state index contributed by atoms with van der Waals surface area (Å²) in [4.78, 5) is 0. The highest BCUT2D eigenvalue weighted by atomic mass is 35.5. The van der Waals surface area contributed by atoms with Crippen LogP contribution in [0.3, 0.4) is 0 Å². The van der Waals surface area contributed by atoms with E-state index in [0.29, 0.717) is 25.7 Å². The summed E-state index contributed by atoms with van der Waals surface area (Å²) in [5.41, 5.74) is 1.42. The summed E-state index contributed by atoms with van der Waals surface area (Å²) < 4.78 is 10.9. The van der Waals surface area contributed by atoms with Gasteiger partial charge in [0.15, 0.2) is 0 Å². The van der Waals surface area contributed by atoms with Gasteiger partial charge in [-0.05, 0) is 23.1 Å². The van der Waals surface area contributed by atoms with E-state index < -0.39 is 0 Å². The molecule has 1 aromatic carbocycles. The van der Waals surface area contributed by atoms with Gasteiger partial charge in [0.1, 0.15) is 12.4 Å². The standard InChI is InChI=1S/C14H21ClO2/c1-14(2,3)12-5-4-6-13(11-12)17-10-9-16-8-7-15/h4-6,11H,7-10H2,1-3H3. The lowest BCUT2D eigenvalue weighted by molar-refractivity contribution is 0.111. The molecule has 0 aliphatic heterocycles. The van der Waals surface area contributed by atoms with E-state index in [2.05, 4.69) is 32.9 Å². The number of hydrogen-bond donors (Lipinski definition) is 0. The smallest absolute Gasteiger partial charge is 0.119 e. The second-order valence-electron chi connectivity index (χ2n) is 4.93. The van der Waals surface area contributed by atoms with Gasteiger partial charge in [-0.1, -0.05) is 32.9 Å². The molecule has 0 fully saturated rings. The Morgan fingerprint density at radius 3 is 2.53 bits per heavy atom. The highest BCUT2D eigenvalue weighted by molar-refractivity contribution is 6.17. The molecule has 0 bridgehead atoms. The van der Waals surface area contributed by atoms with Gasteiger partial charge in [0.25, 0.3) is 0 Å². The average Bonchev–Trinajstić information content (AvgIpc) is 2.28. The van der Waals surface area contributed by atoms with Gasteiger partial charge in [-0.2, -0.15) is 0 Å². The predicted molar refractivity (Wildman–Crippen MR) is 72.2 cm³/mol. The molecule has 0 aliphatic rings. The fourth-order valence-corrected chi connectivity index (χ4v) is 1.54. The maximum Gasteiger partial charge on any atom is 0.119 e. The van der Waals surface area contributed by atoms with Gasteiger partial charge in [0, 0.05) is 5.88 Å². The van der Waals surface area contributed by atoms with Gasteiger partial charge in [-0.3, -0.25) is 0 Å². The van der Waals surface area contributed by atoms with Crippen molar-refractivity contribution in [3.05, 3.63) is 29.8 Å². The highest BCUT2D eigenvalue weighted by Crippen LogP contribution is 2.25. The predicted octanol–water partition coefficient (Wildman–Crippen LogP) is 3.62. The molecule has 0 aliphatic carbocycles. The van der Waals surface area contributed by atoms with E-state index in [1.54, 1.807) is 0 Å². The molecule has 17 heavy (non-hydrogen) atoms. The molecule has 0 spiro atoms. The molecule has 1 aromatic rings. The molecule has 96 valence electrons. The molecule has 0 saturated carbocycles. The van der Waals surface area contributed by atoms with Crippen molar-refractivity contribution in [3.8, 4) is 5.75 Å². The summed E-state index contributed by atoms with van der Waals surface area (Å²) in [6.45, 7) is 8.28. The summed E-state index contributed by atoms with van der Waals surface area (Å²) in [5, 5.41) is 0. The van der Waals surface area contributed by atoms with Gasteiger partial charge < -0.3 is 9.47 Å². The second kappa shape index (κ2) is 6.87. The molecular formula is C14H21ClO2. The molecule has 0 amide bonds. The van der Waals surface area contributed by atoms with Crippen molar-refractivity contribution >= 4 is 11.6 Å². The SMILES string of the molecule is CC(C)(C)c1cccc(OCCOCCCl)c1. The summed E-state index contributed by atoms with van der Waals surface area (Å²) in [6.07, 6.45) is 0. The first-order valence-corrected chi connectivity index (χ1v) is 6.44. The van der Waals surface area contributed by atoms with Crippen LogP contribution in [0.25, 0.3) is 0 Å². The summed E-state index contributed by atoms with van der Waals surface area (Å²) in [6, 6.07) is 8.20. The number of halogens is 1. The number of ether oxygens (including phenoxy) is 2. The van der Waals surface area contributed by atoms with E-state index in [1.165, 1.54) is 5.56 Å². The lowest BCUT2D eigenvalue weighted by atomic mass is 9.87. The molecule has 1 rings (SSSR count). The van der Waals surface area contributed by atoms with E-state index in [0.717, 1.165) is 5.75 Å². The lowest BCUT2D eigenvalue weighted by Crippen LogP contribution is -2.12. The van der Waals surface area contributed by atoms with Crippen molar-refractivity contribution in [3.63, 3.8) is 0 Å². The van der Waals surface area contributed by atoms with E-state index in [4.69, 9.17) is 21.1 Å². The number of alkyl halides is 1. The number of hydrogen-bond acceptors (Lipinski definition) is 2. The van der Waals surface area contributed by atoms with Crippen LogP contribution in [0.4, 0.5) is 0 Å². The fourth-order valence-electron chi connectivity index (χ4n) is 1.43. The van der Waals surface area contributed by atoms with E-state index in [1.807, 2.05) is 12.1 Å². The Labute approximate surface area is 109 Å². The number of benzene rings is 1. The molecule has 0 atom stereocenters. The van der Waals surface area contributed by atoms with Crippen LogP contribution >= 0.6 is 11.6 Å². The Balaban J connectivity index is 2.44. The molecule has 0 unspecified atom stereocenters. The van der Waals surface area contributed by atoms with Gasteiger partial charge in [-0.25, -0.2) is 0 Å². The van der Waals surface area contributed by atoms with Crippen LogP contribution in [0, 0.1) is 0 Å². The minimum Gasteiger partial charge on any atom is -0.491 e. The van der Waals surface area contributed by atoms with Crippen LogP contribution in [0.15, 0.2) is 24.3 Å². The molecule has 0 aromatic heterocycles. The van der Waals surface area contributed by atoms with Crippen molar-refractivity contribution < 1.29 is 9.47 Å². The molecule has 3 heteroatoms. The fraction of sp³-hybridized carbons (Fsp3) is 0.571. The van der Waals surface area contributed by atoms with E-state index in [9.17, 15) is 0 Å². The zero-order valence-corrected chi connectivity index (χ0v) is 11.6. The number of rotatable bonds is 6. The van der Waals surface area contributed by atoms with Crippen molar-refractivity contribution in [1.29, 1.82) is 0 Å². The maximum absolute atomic E-state index is 5.62. The minimum absolute atomic E-state index is 0.147. The molecule has 0 saturated heterocycles. The van der Waals surface area contributed by atoms with Crippen LogP contribution in [0.1, 0.15) is 26.3 Å². The summed E-state index contributed by atoms with van der Waals surface area (Å²) >= 11 is 5.50. The third-order valence-corrected chi connectivity index (χ3v) is 2.57. The van der Waals surface area contributed by atoms with Crippen molar-refractivity contribution in [1.82, 2.24) is 0 Å². The molecule has 0 N–H and O–H groups in total. The largest absolute Gasteiger partial charge is 0.491 e. The van der Waals surface area contributed by atoms with Gasteiger partial charge >= 0.3 is 0 Å². The normalized spacial score (nSPS) is 11.5. The first kappa shape index (κ1) is 14.3. The zero-order chi connectivity index (χ0) is 12.7. The average molecular weight is 257 g/mol.